The monoisotopic (exact) mass is 371 g/mol. The zero-order valence-electron chi connectivity index (χ0n) is 15.3. The second-order valence-electron chi connectivity index (χ2n) is 7.64. The van der Waals surface area contributed by atoms with Crippen LogP contribution in [0.25, 0.3) is 0 Å². The molecule has 1 saturated carbocycles. The van der Waals surface area contributed by atoms with Crippen LogP contribution >= 0.6 is 11.6 Å². The van der Waals surface area contributed by atoms with Gasteiger partial charge in [-0.25, -0.2) is 9.97 Å². The van der Waals surface area contributed by atoms with Crippen LogP contribution in [0.1, 0.15) is 31.2 Å². The number of ether oxygens (including phenoxy) is 1. The van der Waals surface area contributed by atoms with Gasteiger partial charge in [0.15, 0.2) is 0 Å². The van der Waals surface area contributed by atoms with E-state index in [2.05, 4.69) is 40.0 Å². The topological polar surface area (TPSA) is 38.2 Å². The Balaban J connectivity index is 1.18. The lowest BCUT2D eigenvalue weighted by atomic mass is 9.90. The Morgan fingerprint density at radius 2 is 1.96 bits per heavy atom. The molecule has 0 bridgehead atoms. The summed E-state index contributed by atoms with van der Waals surface area (Å²) < 4.78 is 5.92. The van der Waals surface area contributed by atoms with Crippen molar-refractivity contribution in [1.29, 1.82) is 0 Å². The quantitative estimate of drug-likeness (QED) is 0.733. The summed E-state index contributed by atoms with van der Waals surface area (Å²) in [5.74, 6) is 4.40. The van der Waals surface area contributed by atoms with Crippen LogP contribution in [-0.2, 0) is 0 Å². The molecule has 1 aliphatic carbocycles. The Labute approximate surface area is 160 Å². The van der Waals surface area contributed by atoms with Crippen LogP contribution < -0.4 is 9.64 Å². The van der Waals surface area contributed by atoms with Gasteiger partial charge < -0.3 is 9.64 Å². The number of benzene rings is 1. The molecule has 2 aromatic rings. The van der Waals surface area contributed by atoms with Crippen LogP contribution in [0, 0.1) is 24.7 Å². The SMILES string of the molecule is Cc1cccc(OCCC2CC2C2CCN(c3ncc(Cl)cn3)CC2)c1. The van der Waals surface area contributed by atoms with Gasteiger partial charge in [-0.3, -0.25) is 0 Å². The number of aromatic nitrogens is 2. The maximum Gasteiger partial charge on any atom is 0.225 e. The number of nitrogens with zero attached hydrogens (tertiary/aromatic N) is 3. The van der Waals surface area contributed by atoms with E-state index in [4.69, 9.17) is 16.3 Å². The molecule has 26 heavy (non-hydrogen) atoms. The van der Waals surface area contributed by atoms with Crippen molar-refractivity contribution in [3.8, 4) is 5.75 Å². The first-order valence-corrected chi connectivity index (χ1v) is 9.99. The number of halogens is 1. The first kappa shape index (κ1) is 17.6. The summed E-state index contributed by atoms with van der Waals surface area (Å²) in [6, 6.07) is 8.32. The second kappa shape index (κ2) is 7.83. The minimum absolute atomic E-state index is 0.595. The van der Waals surface area contributed by atoms with E-state index < -0.39 is 0 Å². The van der Waals surface area contributed by atoms with Crippen molar-refractivity contribution in [2.24, 2.45) is 17.8 Å². The Morgan fingerprint density at radius 1 is 1.19 bits per heavy atom. The van der Waals surface area contributed by atoms with Gasteiger partial charge in [-0.15, -0.1) is 0 Å². The van der Waals surface area contributed by atoms with Gasteiger partial charge in [0.25, 0.3) is 0 Å². The molecular weight excluding hydrogens is 346 g/mol. The molecule has 0 radical (unpaired) electrons. The van der Waals surface area contributed by atoms with E-state index in [0.29, 0.717) is 5.02 Å². The molecule has 0 amide bonds. The molecule has 1 aliphatic heterocycles. The smallest absolute Gasteiger partial charge is 0.225 e. The van der Waals surface area contributed by atoms with E-state index in [1.54, 1.807) is 12.4 Å². The molecule has 4 nitrogen and oxygen atoms in total. The first-order valence-electron chi connectivity index (χ1n) is 9.61. The van der Waals surface area contributed by atoms with Crippen LogP contribution in [0.4, 0.5) is 5.95 Å². The molecule has 2 fully saturated rings. The van der Waals surface area contributed by atoms with Crippen molar-refractivity contribution < 1.29 is 4.74 Å². The average Bonchev–Trinajstić information content (AvgIpc) is 3.42. The highest BCUT2D eigenvalue weighted by molar-refractivity contribution is 6.30. The lowest BCUT2D eigenvalue weighted by Gasteiger charge is -2.32. The van der Waals surface area contributed by atoms with Crippen LogP contribution in [-0.4, -0.2) is 29.7 Å². The predicted octanol–water partition coefficient (Wildman–Crippen LogP) is 4.76. The van der Waals surface area contributed by atoms with E-state index in [0.717, 1.165) is 49.1 Å². The standard InChI is InChI=1S/C21H26ClN3O/c1-15-3-2-4-19(11-15)26-10-7-17-12-20(17)16-5-8-25(9-6-16)21-23-13-18(22)14-24-21/h2-4,11,13-14,16-17,20H,5-10,12H2,1H3. The minimum Gasteiger partial charge on any atom is -0.494 e. The number of hydrogen-bond acceptors (Lipinski definition) is 4. The van der Waals surface area contributed by atoms with Crippen molar-refractivity contribution in [3.63, 3.8) is 0 Å². The maximum atomic E-state index is 5.92. The zero-order valence-corrected chi connectivity index (χ0v) is 16.0. The van der Waals surface area contributed by atoms with Gasteiger partial charge in [0.05, 0.1) is 24.0 Å². The summed E-state index contributed by atoms with van der Waals surface area (Å²) in [5, 5.41) is 0.595. The van der Waals surface area contributed by atoms with E-state index >= 15 is 0 Å². The fourth-order valence-corrected chi connectivity index (χ4v) is 4.31. The highest BCUT2D eigenvalue weighted by atomic mass is 35.5. The third-order valence-electron chi connectivity index (χ3n) is 5.76. The number of hydrogen-bond donors (Lipinski definition) is 0. The van der Waals surface area contributed by atoms with E-state index in [1.807, 2.05) is 6.07 Å². The highest BCUT2D eigenvalue weighted by Crippen LogP contribution is 2.49. The van der Waals surface area contributed by atoms with Gasteiger partial charge >= 0.3 is 0 Å². The molecule has 2 atom stereocenters. The molecule has 1 aromatic heterocycles. The molecule has 2 aliphatic rings. The molecule has 1 aromatic carbocycles. The normalized spacial score (nSPS) is 23.1. The van der Waals surface area contributed by atoms with Crippen molar-refractivity contribution >= 4 is 17.5 Å². The molecule has 1 saturated heterocycles. The summed E-state index contributed by atoms with van der Waals surface area (Å²) in [7, 11) is 0. The summed E-state index contributed by atoms with van der Waals surface area (Å²) >= 11 is 5.87. The van der Waals surface area contributed by atoms with Gasteiger partial charge in [-0.1, -0.05) is 23.7 Å². The average molecular weight is 372 g/mol. The van der Waals surface area contributed by atoms with Crippen LogP contribution in [0.15, 0.2) is 36.7 Å². The maximum absolute atomic E-state index is 5.92. The summed E-state index contributed by atoms with van der Waals surface area (Å²) in [5.41, 5.74) is 1.25. The fraction of sp³-hybridized carbons (Fsp3) is 0.524. The Kier molecular flexibility index (Phi) is 5.30. The molecule has 4 rings (SSSR count). The summed E-state index contributed by atoms with van der Waals surface area (Å²) in [6.45, 7) is 5.04. The molecule has 2 heterocycles. The van der Waals surface area contributed by atoms with Crippen molar-refractivity contribution in [3.05, 3.63) is 47.2 Å². The van der Waals surface area contributed by atoms with Crippen molar-refractivity contribution in [1.82, 2.24) is 9.97 Å². The highest BCUT2D eigenvalue weighted by Gasteiger charge is 2.43. The minimum atomic E-state index is 0.595. The molecule has 0 spiro atoms. The Hall–Kier alpha value is -1.81. The fourth-order valence-electron chi connectivity index (χ4n) is 4.21. The van der Waals surface area contributed by atoms with Gasteiger partial charge in [0.2, 0.25) is 5.95 Å². The van der Waals surface area contributed by atoms with Crippen molar-refractivity contribution in [2.75, 3.05) is 24.6 Å². The van der Waals surface area contributed by atoms with Gasteiger partial charge in [0.1, 0.15) is 5.75 Å². The summed E-state index contributed by atoms with van der Waals surface area (Å²) in [6.07, 6.45) is 8.40. The third-order valence-corrected chi connectivity index (χ3v) is 5.95. The number of aryl methyl sites for hydroxylation is 1. The van der Waals surface area contributed by atoms with E-state index in [1.165, 1.54) is 31.2 Å². The summed E-state index contributed by atoms with van der Waals surface area (Å²) in [4.78, 5) is 11.0. The molecule has 2 unspecified atom stereocenters. The van der Waals surface area contributed by atoms with E-state index in [9.17, 15) is 0 Å². The lowest BCUT2D eigenvalue weighted by molar-refractivity contribution is 0.284. The first-order chi connectivity index (χ1) is 12.7. The lowest BCUT2D eigenvalue weighted by Crippen LogP contribution is -2.35. The largest absolute Gasteiger partial charge is 0.494 e. The number of anilines is 1. The Bertz CT molecular complexity index is 728. The Morgan fingerprint density at radius 3 is 2.69 bits per heavy atom. The number of rotatable bonds is 6. The van der Waals surface area contributed by atoms with Crippen LogP contribution in [0.5, 0.6) is 5.75 Å². The molecular formula is C21H26ClN3O. The van der Waals surface area contributed by atoms with Crippen molar-refractivity contribution in [2.45, 2.75) is 32.6 Å². The van der Waals surface area contributed by atoms with Gasteiger partial charge in [0, 0.05) is 13.1 Å². The van der Waals surface area contributed by atoms with E-state index in [-0.39, 0.29) is 0 Å². The molecule has 138 valence electrons. The predicted molar refractivity (Wildman–Crippen MR) is 105 cm³/mol. The van der Waals surface area contributed by atoms with Crippen LogP contribution in [0.2, 0.25) is 5.02 Å². The second-order valence-corrected chi connectivity index (χ2v) is 8.08. The van der Waals surface area contributed by atoms with Gasteiger partial charge in [-0.05, 0) is 68.1 Å². The molecule has 0 N–H and O–H groups in total. The molecule has 5 heteroatoms. The number of piperidine rings is 1. The van der Waals surface area contributed by atoms with Crippen LogP contribution in [0.3, 0.4) is 0 Å². The third kappa shape index (κ3) is 4.29. The zero-order chi connectivity index (χ0) is 17.9. The van der Waals surface area contributed by atoms with Gasteiger partial charge in [-0.2, -0.15) is 0 Å².